The van der Waals surface area contributed by atoms with Crippen molar-refractivity contribution in [2.75, 3.05) is 40.5 Å². The number of hydrogen-bond acceptors (Lipinski definition) is 6. The van der Waals surface area contributed by atoms with Crippen molar-refractivity contribution in [2.24, 2.45) is 0 Å². The van der Waals surface area contributed by atoms with Crippen LogP contribution < -0.4 is 14.8 Å². The van der Waals surface area contributed by atoms with Gasteiger partial charge >= 0.3 is 6.09 Å². The SMILES string of the molecule is COC(=O)NC1CCN(CC(O)COc2ccccc2OC)CC1. The maximum atomic E-state index is 11.2. The molecule has 0 bridgehead atoms. The van der Waals surface area contributed by atoms with E-state index in [4.69, 9.17) is 9.47 Å². The van der Waals surface area contributed by atoms with Crippen molar-refractivity contribution in [1.29, 1.82) is 0 Å². The minimum Gasteiger partial charge on any atom is -0.493 e. The van der Waals surface area contributed by atoms with Gasteiger partial charge < -0.3 is 29.5 Å². The number of methoxy groups -OCH3 is 2. The molecule has 24 heavy (non-hydrogen) atoms. The molecule has 1 atom stereocenters. The van der Waals surface area contributed by atoms with E-state index >= 15 is 0 Å². The fraction of sp³-hybridized carbons (Fsp3) is 0.588. The number of ether oxygens (including phenoxy) is 3. The number of aliphatic hydroxyl groups excluding tert-OH is 1. The van der Waals surface area contributed by atoms with Crippen LogP contribution in [0, 0.1) is 0 Å². The number of likely N-dealkylation sites (tertiary alicyclic amines) is 1. The van der Waals surface area contributed by atoms with Gasteiger partial charge in [-0.3, -0.25) is 0 Å². The topological polar surface area (TPSA) is 80.3 Å². The van der Waals surface area contributed by atoms with Gasteiger partial charge in [0.1, 0.15) is 12.7 Å². The van der Waals surface area contributed by atoms with Gasteiger partial charge in [0.25, 0.3) is 0 Å². The average Bonchev–Trinajstić information content (AvgIpc) is 2.61. The van der Waals surface area contributed by atoms with Crippen LogP contribution in [0.2, 0.25) is 0 Å². The Labute approximate surface area is 142 Å². The van der Waals surface area contributed by atoms with Crippen molar-refractivity contribution in [3.8, 4) is 11.5 Å². The van der Waals surface area contributed by atoms with Gasteiger partial charge in [-0.15, -0.1) is 0 Å². The number of carbonyl (C=O) groups excluding carboxylic acids is 1. The zero-order valence-corrected chi connectivity index (χ0v) is 14.2. The first-order valence-corrected chi connectivity index (χ1v) is 8.13. The number of nitrogens with one attached hydrogen (secondary N) is 1. The van der Waals surface area contributed by atoms with Crippen LogP contribution in [0.4, 0.5) is 4.79 Å². The van der Waals surface area contributed by atoms with Gasteiger partial charge in [-0.05, 0) is 25.0 Å². The monoisotopic (exact) mass is 338 g/mol. The average molecular weight is 338 g/mol. The number of rotatable bonds is 7. The molecule has 7 heteroatoms. The fourth-order valence-electron chi connectivity index (χ4n) is 2.76. The standard InChI is InChI=1S/C17H26N2O5/c1-22-15-5-3-4-6-16(15)24-12-14(20)11-19-9-7-13(8-10-19)18-17(21)23-2/h3-6,13-14,20H,7-12H2,1-2H3,(H,18,21). The first kappa shape index (κ1) is 18.4. The molecule has 0 aromatic heterocycles. The van der Waals surface area contributed by atoms with Crippen LogP contribution in [0.25, 0.3) is 0 Å². The quantitative estimate of drug-likeness (QED) is 0.779. The highest BCUT2D eigenvalue weighted by Crippen LogP contribution is 2.25. The molecule has 1 unspecified atom stereocenters. The number of nitrogens with zero attached hydrogens (tertiary/aromatic N) is 1. The molecule has 1 fully saturated rings. The summed E-state index contributed by atoms with van der Waals surface area (Å²) in [6.07, 6.45) is 0.711. The number of β-amino-alcohol motifs (C(OH)–C–C–N with tert-alkyl or cyclic N) is 1. The maximum Gasteiger partial charge on any atom is 0.407 e. The molecule has 1 saturated heterocycles. The van der Waals surface area contributed by atoms with Gasteiger partial charge in [-0.25, -0.2) is 4.79 Å². The molecule has 0 saturated carbocycles. The Kier molecular flexibility index (Phi) is 7.14. The molecule has 1 amide bonds. The highest BCUT2D eigenvalue weighted by Gasteiger charge is 2.22. The molecular weight excluding hydrogens is 312 g/mol. The normalized spacial score (nSPS) is 17.1. The Balaban J connectivity index is 1.70. The number of para-hydroxylation sites is 2. The summed E-state index contributed by atoms with van der Waals surface area (Å²) in [5.41, 5.74) is 0. The van der Waals surface area contributed by atoms with Gasteiger partial charge in [0.15, 0.2) is 11.5 Å². The van der Waals surface area contributed by atoms with Crippen molar-refractivity contribution in [2.45, 2.75) is 25.0 Å². The van der Waals surface area contributed by atoms with E-state index < -0.39 is 12.2 Å². The van der Waals surface area contributed by atoms with Crippen LogP contribution in [-0.4, -0.2) is 68.7 Å². The molecule has 1 aromatic rings. The largest absolute Gasteiger partial charge is 0.493 e. The highest BCUT2D eigenvalue weighted by atomic mass is 16.5. The molecule has 0 radical (unpaired) electrons. The third-order valence-electron chi connectivity index (χ3n) is 4.06. The Morgan fingerprint density at radius 3 is 2.58 bits per heavy atom. The van der Waals surface area contributed by atoms with Crippen molar-refractivity contribution < 1.29 is 24.1 Å². The number of amides is 1. The van der Waals surface area contributed by atoms with E-state index in [-0.39, 0.29) is 12.6 Å². The van der Waals surface area contributed by atoms with Crippen molar-refractivity contribution in [3.05, 3.63) is 24.3 Å². The number of piperidine rings is 1. The summed E-state index contributed by atoms with van der Waals surface area (Å²) in [6, 6.07) is 7.50. The van der Waals surface area contributed by atoms with Gasteiger partial charge in [0.2, 0.25) is 0 Å². The summed E-state index contributed by atoms with van der Waals surface area (Å²) < 4.78 is 15.5. The van der Waals surface area contributed by atoms with E-state index in [1.165, 1.54) is 7.11 Å². The second-order valence-electron chi connectivity index (χ2n) is 5.83. The molecule has 0 spiro atoms. The number of carbonyl (C=O) groups is 1. The van der Waals surface area contributed by atoms with Gasteiger partial charge in [-0.2, -0.15) is 0 Å². The van der Waals surface area contributed by atoms with Crippen LogP contribution in [-0.2, 0) is 4.74 Å². The van der Waals surface area contributed by atoms with Crippen molar-refractivity contribution in [3.63, 3.8) is 0 Å². The third-order valence-corrected chi connectivity index (χ3v) is 4.06. The van der Waals surface area contributed by atoms with E-state index in [2.05, 4.69) is 15.0 Å². The zero-order valence-electron chi connectivity index (χ0n) is 14.2. The lowest BCUT2D eigenvalue weighted by atomic mass is 10.1. The van der Waals surface area contributed by atoms with E-state index in [9.17, 15) is 9.90 Å². The Hall–Kier alpha value is -1.99. The first-order valence-electron chi connectivity index (χ1n) is 8.13. The molecule has 7 nitrogen and oxygen atoms in total. The van der Waals surface area contributed by atoms with Crippen LogP contribution in [0.1, 0.15) is 12.8 Å². The van der Waals surface area contributed by atoms with Gasteiger partial charge in [0, 0.05) is 25.7 Å². The van der Waals surface area contributed by atoms with E-state index in [0.29, 0.717) is 18.0 Å². The van der Waals surface area contributed by atoms with Gasteiger partial charge in [-0.1, -0.05) is 12.1 Å². The molecule has 1 aliphatic rings. The summed E-state index contributed by atoms with van der Waals surface area (Å²) in [7, 11) is 2.95. The number of aliphatic hydroxyl groups is 1. The van der Waals surface area contributed by atoms with Crippen LogP contribution in [0.3, 0.4) is 0 Å². The number of alkyl carbamates (subject to hydrolysis) is 1. The second kappa shape index (κ2) is 9.34. The lowest BCUT2D eigenvalue weighted by Crippen LogP contribution is -2.47. The summed E-state index contributed by atoms with van der Waals surface area (Å²) >= 11 is 0. The fourth-order valence-corrected chi connectivity index (χ4v) is 2.76. The summed E-state index contributed by atoms with van der Waals surface area (Å²) in [6.45, 7) is 2.39. The predicted octanol–water partition coefficient (Wildman–Crippen LogP) is 1.26. The van der Waals surface area contributed by atoms with Crippen molar-refractivity contribution >= 4 is 6.09 Å². The predicted molar refractivity (Wildman–Crippen MR) is 89.5 cm³/mol. The maximum absolute atomic E-state index is 11.2. The minimum absolute atomic E-state index is 0.135. The minimum atomic E-state index is -0.583. The Bertz CT molecular complexity index is 517. The second-order valence-corrected chi connectivity index (χ2v) is 5.83. The molecule has 1 heterocycles. The Morgan fingerprint density at radius 2 is 1.96 bits per heavy atom. The molecule has 2 N–H and O–H groups in total. The molecular formula is C17H26N2O5. The Morgan fingerprint density at radius 1 is 1.29 bits per heavy atom. The van der Waals surface area contributed by atoms with E-state index in [1.807, 2.05) is 24.3 Å². The van der Waals surface area contributed by atoms with Crippen LogP contribution >= 0.6 is 0 Å². The van der Waals surface area contributed by atoms with E-state index in [1.54, 1.807) is 7.11 Å². The zero-order chi connectivity index (χ0) is 17.4. The lowest BCUT2D eigenvalue weighted by molar-refractivity contribution is 0.0567. The third kappa shape index (κ3) is 5.58. The summed E-state index contributed by atoms with van der Waals surface area (Å²) in [5, 5.41) is 13.0. The first-order chi connectivity index (χ1) is 11.6. The molecule has 0 aliphatic carbocycles. The molecule has 1 aliphatic heterocycles. The smallest absolute Gasteiger partial charge is 0.407 e. The van der Waals surface area contributed by atoms with E-state index in [0.717, 1.165) is 25.9 Å². The molecule has 134 valence electrons. The van der Waals surface area contributed by atoms with Crippen LogP contribution in [0.5, 0.6) is 11.5 Å². The van der Waals surface area contributed by atoms with Crippen molar-refractivity contribution in [1.82, 2.24) is 10.2 Å². The summed E-state index contributed by atoms with van der Waals surface area (Å²) in [4.78, 5) is 13.4. The molecule has 2 rings (SSSR count). The van der Waals surface area contributed by atoms with Gasteiger partial charge in [0.05, 0.1) is 14.2 Å². The number of hydrogen-bond donors (Lipinski definition) is 2. The summed E-state index contributed by atoms with van der Waals surface area (Å²) in [5.74, 6) is 1.28. The molecule has 1 aromatic carbocycles. The highest BCUT2D eigenvalue weighted by molar-refractivity contribution is 5.67. The van der Waals surface area contributed by atoms with Crippen LogP contribution in [0.15, 0.2) is 24.3 Å². The number of benzene rings is 1. The lowest BCUT2D eigenvalue weighted by Gasteiger charge is -2.33.